The number of aryl methyl sites for hydroxylation is 1. The Morgan fingerprint density at radius 3 is 2.50 bits per heavy atom. The molecule has 1 aromatic carbocycles. The van der Waals surface area contributed by atoms with E-state index in [0.717, 1.165) is 18.4 Å². The minimum absolute atomic E-state index is 0.318. The fourth-order valence-electron chi connectivity index (χ4n) is 1.56. The van der Waals surface area contributed by atoms with E-state index in [1.165, 1.54) is 0 Å². The molecule has 20 heavy (non-hydrogen) atoms. The second kappa shape index (κ2) is 8.05. The van der Waals surface area contributed by atoms with E-state index in [9.17, 15) is 8.42 Å². The zero-order valence-electron chi connectivity index (χ0n) is 12.4. The molecule has 4 heteroatoms. The van der Waals surface area contributed by atoms with Crippen LogP contribution in [0.25, 0.3) is 0 Å². The monoisotopic (exact) mass is 293 g/mol. The number of hydrogen-bond donors (Lipinski definition) is 1. The molecule has 0 radical (unpaired) electrons. The molecule has 0 aliphatic carbocycles. The second-order valence-electron chi connectivity index (χ2n) is 5.13. The van der Waals surface area contributed by atoms with Crippen LogP contribution in [0, 0.1) is 12.8 Å². The molecule has 0 saturated carbocycles. The van der Waals surface area contributed by atoms with Gasteiger partial charge in [-0.3, -0.25) is 0 Å². The number of sulfonamides is 1. The predicted octanol–water partition coefficient (Wildman–Crippen LogP) is 3.42. The molecule has 0 aliphatic heterocycles. The van der Waals surface area contributed by atoms with Crippen LogP contribution in [0.1, 0.15) is 32.3 Å². The molecule has 0 bridgehead atoms. The average molecular weight is 293 g/mol. The maximum Gasteiger partial charge on any atom is 0.240 e. The van der Waals surface area contributed by atoms with Gasteiger partial charge in [0.25, 0.3) is 0 Å². The van der Waals surface area contributed by atoms with Gasteiger partial charge >= 0.3 is 0 Å². The summed E-state index contributed by atoms with van der Waals surface area (Å²) in [5.74, 6) is 0.492. The van der Waals surface area contributed by atoms with E-state index < -0.39 is 10.0 Å². The van der Waals surface area contributed by atoms with Gasteiger partial charge in [-0.1, -0.05) is 31.5 Å². The fourth-order valence-corrected chi connectivity index (χ4v) is 2.63. The molecule has 0 spiro atoms. The van der Waals surface area contributed by atoms with E-state index in [2.05, 4.69) is 24.3 Å². The van der Waals surface area contributed by atoms with Crippen molar-refractivity contribution in [3.63, 3.8) is 0 Å². The molecule has 0 heterocycles. The second-order valence-corrected chi connectivity index (χ2v) is 6.90. The third-order valence-corrected chi connectivity index (χ3v) is 4.17. The van der Waals surface area contributed by atoms with Crippen LogP contribution in [0.5, 0.6) is 0 Å². The summed E-state index contributed by atoms with van der Waals surface area (Å²) < 4.78 is 26.6. The van der Waals surface area contributed by atoms with Crippen molar-refractivity contribution in [2.24, 2.45) is 5.92 Å². The molecule has 0 aromatic heterocycles. The van der Waals surface area contributed by atoms with E-state index in [1.807, 2.05) is 19.1 Å². The van der Waals surface area contributed by atoms with Crippen molar-refractivity contribution < 1.29 is 8.42 Å². The summed E-state index contributed by atoms with van der Waals surface area (Å²) in [4.78, 5) is 0.318. The summed E-state index contributed by atoms with van der Waals surface area (Å²) in [6.07, 6.45) is 5.53. The van der Waals surface area contributed by atoms with Gasteiger partial charge in [0.2, 0.25) is 10.0 Å². The van der Waals surface area contributed by atoms with Crippen molar-refractivity contribution in [1.29, 1.82) is 0 Å². The molecule has 0 aliphatic rings. The third kappa shape index (κ3) is 6.20. The van der Waals surface area contributed by atoms with Crippen LogP contribution in [0.2, 0.25) is 0 Å². The van der Waals surface area contributed by atoms with Gasteiger partial charge in [0.05, 0.1) is 4.90 Å². The third-order valence-electron chi connectivity index (χ3n) is 2.70. The highest BCUT2D eigenvalue weighted by Gasteiger charge is 2.11. The van der Waals surface area contributed by atoms with Crippen LogP contribution in [0.4, 0.5) is 0 Å². The number of allylic oxidation sites excluding steroid dienone is 1. The Morgan fingerprint density at radius 1 is 1.25 bits per heavy atom. The first-order chi connectivity index (χ1) is 9.42. The summed E-state index contributed by atoms with van der Waals surface area (Å²) in [5.41, 5.74) is 4.14. The first-order valence-electron chi connectivity index (χ1n) is 6.89. The minimum atomic E-state index is -3.38. The highest BCUT2D eigenvalue weighted by molar-refractivity contribution is 7.89. The highest BCUT2D eigenvalue weighted by Crippen LogP contribution is 2.09. The van der Waals surface area contributed by atoms with Gasteiger partial charge in [-0.25, -0.2) is 13.1 Å². The van der Waals surface area contributed by atoms with Crippen LogP contribution < -0.4 is 4.72 Å². The quantitative estimate of drug-likeness (QED) is 0.618. The highest BCUT2D eigenvalue weighted by atomic mass is 32.2. The Bertz CT molecular complexity index is 565. The molecule has 0 unspecified atom stereocenters. The van der Waals surface area contributed by atoms with E-state index in [-0.39, 0.29) is 0 Å². The summed E-state index contributed by atoms with van der Waals surface area (Å²) in [6.45, 7) is 6.56. The van der Waals surface area contributed by atoms with Crippen LogP contribution >= 0.6 is 0 Å². The zero-order chi connectivity index (χ0) is 15.0. The number of benzene rings is 1. The molecule has 0 atom stereocenters. The van der Waals surface area contributed by atoms with Crippen LogP contribution in [-0.2, 0) is 10.0 Å². The molecular formula is C16H23NO2S. The van der Waals surface area contributed by atoms with Crippen molar-refractivity contribution in [1.82, 2.24) is 4.72 Å². The molecule has 1 N–H and O–H groups in total. The summed E-state index contributed by atoms with van der Waals surface area (Å²) >= 11 is 0. The van der Waals surface area contributed by atoms with Crippen molar-refractivity contribution >= 4 is 10.0 Å². The maximum absolute atomic E-state index is 12.0. The van der Waals surface area contributed by atoms with Gasteiger partial charge in [-0.15, -0.1) is 5.73 Å². The van der Waals surface area contributed by atoms with Crippen LogP contribution in [-0.4, -0.2) is 15.0 Å². The lowest BCUT2D eigenvalue weighted by atomic mass is 10.2. The van der Waals surface area contributed by atoms with E-state index in [4.69, 9.17) is 0 Å². The Balaban J connectivity index is 2.41. The Labute approximate surface area is 122 Å². The summed E-state index contributed by atoms with van der Waals surface area (Å²) in [5, 5.41) is 0. The number of rotatable bonds is 7. The van der Waals surface area contributed by atoms with Crippen molar-refractivity contribution in [2.75, 3.05) is 6.54 Å². The van der Waals surface area contributed by atoms with Gasteiger partial charge < -0.3 is 0 Å². The summed E-state index contributed by atoms with van der Waals surface area (Å²) in [6, 6.07) is 6.86. The van der Waals surface area contributed by atoms with E-state index in [0.29, 0.717) is 17.4 Å². The fraction of sp³-hybridized carbons (Fsp3) is 0.438. The molecule has 1 rings (SSSR count). The Morgan fingerprint density at radius 2 is 1.90 bits per heavy atom. The van der Waals surface area contributed by atoms with Crippen LogP contribution in [0.15, 0.2) is 47.0 Å². The molecule has 0 saturated heterocycles. The molecule has 110 valence electrons. The molecule has 0 fully saturated rings. The molecule has 3 nitrogen and oxygen atoms in total. The average Bonchev–Trinajstić information content (AvgIpc) is 2.37. The lowest BCUT2D eigenvalue weighted by Crippen LogP contribution is -2.24. The van der Waals surface area contributed by atoms with Crippen molar-refractivity contribution in [3.8, 4) is 0 Å². The van der Waals surface area contributed by atoms with E-state index in [1.54, 1.807) is 24.3 Å². The SMILES string of the molecule is Cc1ccc(S(=O)(=O)NCCCC=C=CC(C)C)cc1. The normalized spacial score (nSPS) is 11.2. The van der Waals surface area contributed by atoms with Crippen LogP contribution in [0.3, 0.4) is 0 Å². The predicted molar refractivity (Wildman–Crippen MR) is 83.1 cm³/mol. The minimum Gasteiger partial charge on any atom is -0.211 e. The largest absolute Gasteiger partial charge is 0.240 e. The Kier molecular flexibility index (Phi) is 6.73. The first kappa shape index (κ1) is 16.7. The Hall–Kier alpha value is -1.35. The van der Waals surface area contributed by atoms with Gasteiger partial charge in [-0.2, -0.15) is 0 Å². The van der Waals surface area contributed by atoms with Crippen molar-refractivity contribution in [2.45, 2.75) is 38.5 Å². The smallest absolute Gasteiger partial charge is 0.211 e. The van der Waals surface area contributed by atoms with Gasteiger partial charge in [-0.05, 0) is 50.0 Å². The lowest BCUT2D eigenvalue weighted by Gasteiger charge is -2.06. The number of nitrogens with one attached hydrogen (secondary N) is 1. The topological polar surface area (TPSA) is 46.2 Å². The summed E-state index contributed by atoms with van der Waals surface area (Å²) in [7, 11) is -3.38. The maximum atomic E-state index is 12.0. The van der Waals surface area contributed by atoms with Gasteiger partial charge in [0.1, 0.15) is 0 Å². The number of hydrogen-bond acceptors (Lipinski definition) is 2. The molecular weight excluding hydrogens is 270 g/mol. The lowest BCUT2D eigenvalue weighted by molar-refractivity contribution is 0.579. The zero-order valence-corrected chi connectivity index (χ0v) is 13.2. The van der Waals surface area contributed by atoms with Gasteiger partial charge in [0.15, 0.2) is 0 Å². The van der Waals surface area contributed by atoms with Gasteiger partial charge in [0, 0.05) is 6.54 Å². The number of unbranched alkanes of at least 4 members (excludes halogenated alkanes) is 1. The standard InChI is InChI=1S/C16H23NO2S/c1-14(2)8-6-4-5-7-13-17-20(18,19)16-11-9-15(3)10-12-16/h4,8-12,14,17H,5,7,13H2,1-3H3. The van der Waals surface area contributed by atoms with Crippen molar-refractivity contribution in [3.05, 3.63) is 47.7 Å². The molecule has 1 aromatic rings. The van der Waals surface area contributed by atoms with E-state index >= 15 is 0 Å². The first-order valence-corrected chi connectivity index (χ1v) is 8.37. The molecule has 0 amide bonds.